The number of benzene rings is 3. The number of nitrogens with one attached hydrogen (secondary N) is 2. The predicted molar refractivity (Wildman–Crippen MR) is 129 cm³/mol. The van der Waals surface area contributed by atoms with Crippen molar-refractivity contribution < 1.29 is 23.1 Å². The van der Waals surface area contributed by atoms with Gasteiger partial charge < -0.3 is 10.4 Å². The Morgan fingerprint density at radius 3 is 2.12 bits per heavy atom. The van der Waals surface area contributed by atoms with Gasteiger partial charge in [0.15, 0.2) is 0 Å². The number of aryl methyl sites for hydroxylation is 1. The smallest absolute Gasteiger partial charge is 0.303 e. The Morgan fingerprint density at radius 1 is 0.879 bits per heavy atom. The molecular weight excluding hydrogens is 508 g/mol. The van der Waals surface area contributed by atoms with E-state index < -0.39 is 27.9 Å². The van der Waals surface area contributed by atoms with E-state index in [1.165, 1.54) is 12.1 Å². The van der Waals surface area contributed by atoms with Crippen LogP contribution in [0.15, 0.2) is 88.2 Å². The first kappa shape index (κ1) is 24.6. The number of sulfonamides is 1. The minimum atomic E-state index is -3.94. The molecule has 0 aliphatic carbocycles. The molecule has 7 nitrogen and oxygen atoms in total. The van der Waals surface area contributed by atoms with Crippen molar-refractivity contribution in [2.45, 2.75) is 30.2 Å². The van der Waals surface area contributed by atoms with Gasteiger partial charge in [0.1, 0.15) is 6.04 Å². The van der Waals surface area contributed by atoms with Crippen molar-refractivity contribution in [2.75, 3.05) is 5.32 Å². The van der Waals surface area contributed by atoms with Gasteiger partial charge >= 0.3 is 5.97 Å². The molecule has 0 saturated carbocycles. The molecule has 0 heterocycles. The van der Waals surface area contributed by atoms with Crippen molar-refractivity contribution in [1.29, 1.82) is 0 Å². The lowest BCUT2D eigenvalue weighted by Gasteiger charge is -2.19. The quantitative estimate of drug-likeness (QED) is 0.366. The number of carbonyl (C=O) groups is 2. The van der Waals surface area contributed by atoms with Gasteiger partial charge in [0.2, 0.25) is 15.9 Å². The van der Waals surface area contributed by atoms with E-state index in [9.17, 15) is 18.0 Å². The van der Waals surface area contributed by atoms with Gasteiger partial charge in [0.25, 0.3) is 0 Å². The predicted octanol–water partition coefficient (Wildman–Crippen LogP) is 3.99. The Morgan fingerprint density at radius 2 is 1.52 bits per heavy atom. The molecule has 0 aliphatic rings. The summed E-state index contributed by atoms with van der Waals surface area (Å²) < 4.78 is 29.1. The summed E-state index contributed by atoms with van der Waals surface area (Å²) in [5.41, 5.74) is 2.12. The van der Waals surface area contributed by atoms with E-state index in [-0.39, 0.29) is 17.7 Å². The molecule has 0 fully saturated rings. The molecular formula is C24H23BrN2O5S. The van der Waals surface area contributed by atoms with Crippen molar-refractivity contribution in [3.05, 3.63) is 94.5 Å². The van der Waals surface area contributed by atoms with Gasteiger partial charge in [-0.15, -0.1) is 0 Å². The van der Waals surface area contributed by atoms with Crippen LogP contribution in [-0.4, -0.2) is 31.4 Å². The molecule has 33 heavy (non-hydrogen) atoms. The maximum absolute atomic E-state index is 13.1. The highest BCUT2D eigenvalue weighted by Crippen LogP contribution is 2.17. The van der Waals surface area contributed by atoms with Gasteiger partial charge in [-0.3, -0.25) is 9.59 Å². The molecule has 9 heteroatoms. The summed E-state index contributed by atoms with van der Waals surface area (Å²) in [7, 11) is -3.94. The summed E-state index contributed by atoms with van der Waals surface area (Å²) in [5, 5.41) is 11.6. The van der Waals surface area contributed by atoms with Gasteiger partial charge in [-0.05, 0) is 60.4 Å². The number of aliphatic carboxylic acids is 1. The molecule has 0 aromatic heterocycles. The Bertz CT molecular complexity index is 1200. The van der Waals surface area contributed by atoms with Gasteiger partial charge in [0.05, 0.1) is 4.90 Å². The molecule has 0 aliphatic heterocycles. The highest BCUT2D eigenvalue weighted by atomic mass is 79.9. The molecule has 0 spiro atoms. The zero-order valence-electron chi connectivity index (χ0n) is 17.6. The van der Waals surface area contributed by atoms with Crippen molar-refractivity contribution in [3.63, 3.8) is 0 Å². The van der Waals surface area contributed by atoms with Crippen LogP contribution in [-0.2, 0) is 32.5 Å². The Labute approximate surface area is 201 Å². The van der Waals surface area contributed by atoms with Crippen molar-refractivity contribution in [1.82, 2.24) is 4.72 Å². The van der Waals surface area contributed by atoms with Gasteiger partial charge in [-0.2, -0.15) is 4.72 Å². The Kier molecular flexibility index (Phi) is 8.37. The molecule has 3 rings (SSSR count). The van der Waals surface area contributed by atoms with Crippen LogP contribution < -0.4 is 10.0 Å². The number of hydrogen-bond acceptors (Lipinski definition) is 4. The number of carboxylic acid groups (broad SMARTS) is 1. The fourth-order valence-electron chi connectivity index (χ4n) is 3.14. The topological polar surface area (TPSA) is 113 Å². The summed E-state index contributed by atoms with van der Waals surface area (Å²) >= 11 is 3.28. The lowest BCUT2D eigenvalue weighted by atomic mass is 10.1. The summed E-state index contributed by atoms with van der Waals surface area (Å²) in [6.07, 6.45) is 0.564. The van der Waals surface area contributed by atoms with Crippen LogP contribution in [0, 0.1) is 0 Å². The highest BCUT2D eigenvalue weighted by Gasteiger charge is 2.26. The maximum atomic E-state index is 13.1. The van der Waals surface area contributed by atoms with Crippen LogP contribution in [0.2, 0.25) is 0 Å². The van der Waals surface area contributed by atoms with Gasteiger partial charge in [0, 0.05) is 16.6 Å². The summed E-state index contributed by atoms with van der Waals surface area (Å²) in [5.74, 6) is -1.38. The van der Waals surface area contributed by atoms with Gasteiger partial charge in [-0.25, -0.2) is 8.42 Å². The number of halogens is 1. The van der Waals surface area contributed by atoms with Crippen molar-refractivity contribution in [2.24, 2.45) is 0 Å². The van der Waals surface area contributed by atoms with E-state index in [2.05, 4.69) is 26.0 Å². The first-order valence-electron chi connectivity index (χ1n) is 10.2. The number of amides is 1. The molecule has 1 atom stereocenters. The summed E-state index contributed by atoms with van der Waals surface area (Å²) in [6, 6.07) is 21.0. The zero-order valence-corrected chi connectivity index (χ0v) is 20.0. The van der Waals surface area contributed by atoms with E-state index in [4.69, 9.17) is 5.11 Å². The number of rotatable bonds is 10. The zero-order chi connectivity index (χ0) is 23.8. The second kappa shape index (κ2) is 11.2. The SMILES string of the molecule is O=C(O)CCc1ccc(NC(=O)C(Cc2ccccc2)NS(=O)(=O)c2ccc(Br)cc2)cc1. The number of carboxylic acids is 1. The van der Waals surface area contributed by atoms with Crippen molar-refractivity contribution >= 4 is 43.5 Å². The van der Waals surface area contributed by atoms with E-state index in [1.807, 2.05) is 30.3 Å². The largest absolute Gasteiger partial charge is 0.481 e. The Balaban J connectivity index is 1.77. The molecule has 172 valence electrons. The summed E-state index contributed by atoms with van der Waals surface area (Å²) in [4.78, 5) is 23.8. The van der Waals surface area contributed by atoms with E-state index in [1.54, 1.807) is 36.4 Å². The average molecular weight is 531 g/mol. The third kappa shape index (κ3) is 7.52. The molecule has 1 unspecified atom stereocenters. The van der Waals surface area contributed by atoms with E-state index in [0.717, 1.165) is 15.6 Å². The normalized spacial score (nSPS) is 12.2. The fourth-order valence-corrected chi connectivity index (χ4v) is 4.60. The van der Waals surface area contributed by atoms with Crippen LogP contribution in [0.5, 0.6) is 0 Å². The summed E-state index contributed by atoms with van der Waals surface area (Å²) in [6.45, 7) is 0. The van der Waals surface area contributed by atoms with Crippen molar-refractivity contribution in [3.8, 4) is 0 Å². The van der Waals surface area contributed by atoms with Crippen LogP contribution in [0.1, 0.15) is 17.5 Å². The maximum Gasteiger partial charge on any atom is 0.303 e. The molecule has 0 saturated heterocycles. The third-order valence-corrected chi connectivity index (χ3v) is 6.89. The van der Waals surface area contributed by atoms with Crippen LogP contribution in [0.4, 0.5) is 5.69 Å². The molecule has 3 N–H and O–H groups in total. The van der Waals surface area contributed by atoms with Crippen LogP contribution >= 0.6 is 15.9 Å². The van der Waals surface area contributed by atoms with E-state index in [0.29, 0.717) is 12.1 Å². The molecule has 1 amide bonds. The highest BCUT2D eigenvalue weighted by molar-refractivity contribution is 9.10. The minimum absolute atomic E-state index is 0.0166. The number of anilines is 1. The van der Waals surface area contributed by atoms with Crippen LogP contribution in [0.3, 0.4) is 0 Å². The van der Waals surface area contributed by atoms with E-state index >= 15 is 0 Å². The Hall–Kier alpha value is -3.01. The molecule has 0 bridgehead atoms. The monoisotopic (exact) mass is 530 g/mol. The van der Waals surface area contributed by atoms with Crippen LogP contribution in [0.25, 0.3) is 0 Å². The lowest BCUT2D eigenvalue weighted by molar-refractivity contribution is -0.137. The molecule has 3 aromatic carbocycles. The fraction of sp³-hybridized carbons (Fsp3) is 0.167. The second-order valence-electron chi connectivity index (χ2n) is 7.40. The standard InChI is InChI=1S/C24H23BrN2O5S/c25-19-9-13-21(14-10-19)33(31,32)27-22(16-18-4-2-1-3-5-18)24(30)26-20-11-6-17(7-12-20)8-15-23(28)29/h1-7,9-14,22,27H,8,15-16H2,(H,26,30)(H,28,29). The first-order valence-corrected chi connectivity index (χ1v) is 12.4. The third-order valence-electron chi connectivity index (χ3n) is 4.87. The average Bonchev–Trinajstić information content (AvgIpc) is 2.79. The molecule has 0 radical (unpaired) electrons. The molecule has 3 aromatic rings. The second-order valence-corrected chi connectivity index (χ2v) is 10.0. The van der Waals surface area contributed by atoms with Gasteiger partial charge in [-0.1, -0.05) is 58.4 Å². The minimum Gasteiger partial charge on any atom is -0.481 e. The number of carbonyl (C=O) groups excluding carboxylic acids is 1. The first-order chi connectivity index (χ1) is 15.7. The number of hydrogen-bond donors (Lipinski definition) is 3. The lowest BCUT2D eigenvalue weighted by Crippen LogP contribution is -2.45.